The van der Waals surface area contributed by atoms with Crippen molar-refractivity contribution < 1.29 is 14.6 Å². The van der Waals surface area contributed by atoms with E-state index in [4.69, 9.17) is 14.6 Å². The van der Waals surface area contributed by atoms with Gasteiger partial charge in [0.05, 0.1) is 14.2 Å². The van der Waals surface area contributed by atoms with Gasteiger partial charge in [-0.2, -0.15) is 0 Å². The van der Waals surface area contributed by atoms with E-state index in [1.54, 1.807) is 18.9 Å². The first-order chi connectivity index (χ1) is 13.2. The molecule has 3 aromatic rings. The molecule has 27 heavy (non-hydrogen) atoms. The van der Waals surface area contributed by atoms with Crippen LogP contribution in [0.15, 0.2) is 24.5 Å². The van der Waals surface area contributed by atoms with Gasteiger partial charge in [-0.25, -0.2) is 14.6 Å². The van der Waals surface area contributed by atoms with E-state index < -0.39 is 0 Å². The molecular weight excluding hydrogens is 348 g/mol. The molecule has 0 spiro atoms. The lowest BCUT2D eigenvalue weighted by atomic mass is 10.1. The Morgan fingerprint density at radius 2 is 1.85 bits per heavy atom. The number of rotatable bonds is 10. The van der Waals surface area contributed by atoms with Gasteiger partial charge in [0.1, 0.15) is 17.8 Å². The van der Waals surface area contributed by atoms with Crippen molar-refractivity contribution in [2.75, 3.05) is 32.7 Å². The van der Waals surface area contributed by atoms with Gasteiger partial charge in [0.25, 0.3) is 0 Å². The van der Waals surface area contributed by atoms with Crippen LogP contribution in [0.5, 0.6) is 11.5 Å². The molecule has 0 fully saturated rings. The highest BCUT2D eigenvalue weighted by atomic mass is 16.5. The molecule has 0 unspecified atom stereocenters. The lowest BCUT2D eigenvalue weighted by molar-refractivity contribution is 0.286. The SMILES string of the molecule is COc1cc(CCn2nnc3c(NCCCCO)ncnc32)cc(OC)c1. The normalized spacial score (nSPS) is 10.9. The minimum atomic E-state index is 0.187. The molecule has 2 aromatic heterocycles. The Balaban J connectivity index is 1.72. The van der Waals surface area contributed by atoms with Gasteiger partial charge in [0.2, 0.25) is 0 Å². The summed E-state index contributed by atoms with van der Waals surface area (Å²) in [6.45, 7) is 1.52. The topological polar surface area (TPSA) is 107 Å². The standard InChI is InChI=1S/C18H24N6O3/c1-26-14-9-13(10-15(11-14)27-2)5-7-24-18-16(22-23-24)17(20-12-21-18)19-6-3-4-8-25/h9-12,25H,3-8H2,1-2H3,(H,19,20,21). The van der Waals surface area contributed by atoms with E-state index in [0.29, 0.717) is 30.1 Å². The zero-order valence-electron chi connectivity index (χ0n) is 15.6. The zero-order chi connectivity index (χ0) is 19.1. The first-order valence-electron chi connectivity index (χ1n) is 8.86. The van der Waals surface area contributed by atoms with Gasteiger partial charge in [-0.15, -0.1) is 5.10 Å². The van der Waals surface area contributed by atoms with Gasteiger partial charge in [0, 0.05) is 25.8 Å². The second-order valence-corrected chi connectivity index (χ2v) is 6.04. The molecule has 0 bridgehead atoms. The third kappa shape index (κ3) is 4.62. The zero-order valence-corrected chi connectivity index (χ0v) is 15.6. The highest BCUT2D eigenvalue weighted by Crippen LogP contribution is 2.23. The maximum atomic E-state index is 8.86. The van der Waals surface area contributed by atoms with Gasteiger partial charge in [-0.1, -0.05) is 5.21 Å². The molecule has 1 aromatic carbocycles. The van der Waals surface area contributed by atoms with Crippen LogP contribution in [0.2, 0.25) is 0 Å². The summed E-state index contributed by atoms with van der Waals surface area (Å²) >= 11 is 0. The minimum absolute atomic E-state index is 0.187. The predicted molar refractivity (Wildman–Crippen MR) is 101 cm³/mol. The lowest BCUT2D eigenvalue weighted by Crippen LogP contribution is -2.07. The van der Waals surface area contributed by atoms with Crippen molar-refractivity contribution in [3.05, 3.63) is 30.1 Å². The Bertz CT molecular complexity index is 860. The molecule has 9 heteroatoms. The van der Waals surface area contributed by atoms with Crippen molar-refractivity contribution in [3.63, 3.8) is 0 Å². The molecule has 9 nitrogen and oxygen atoms in total. The number of aliphatic hydroxyl groups excluding tert-OH is 1. The third-order valence-corrected chi connectivity index (χ3v) is 4.20. The predicted octanol–water partition coefficient (Wildman–Crippen LogP) is 1.67. The Hall–Kier alpha value is -2.94. The fourth-order valence-electron chi connectivity index (χ4n) is 2.76. The maximum Gasteiger partial charge on any atom is 0.183 e. The number of ether oxygens (including phenoxy) is 2. The summed E-state index contributed by atoms with van der Waals surface area (Å²) in [7, 11) is 3.27. The van der Waals surface area contributed by atoms with Gasteiger partial charge >= 0.3 is 0 Å². The van der Waals surface area contributed by atoms with E-state index in [1.807, 2.05) is 18.2 Å². The number of nitrogens with one attached hydrogen (secondary N) is 1. The minimum Gasteiger partial charge on any atom is -0.497 e. The Kier molecular flexibility index (Phi) is 6.37. The highest BCUT2D eigenvalue weighted by Gasteiger charge is 2.12. The number of methoxy groups -OCH3 is 2. The van der Waals surface area contributed by atoms with Crippen molar-refractivity contribution in [2.45, 2.75) is 25.8 Å². The van der Waals surface area contributed by atoms with Crippen LogP contribution in [0.25, 0.3) is 11.2 Å². The van der Waals surface area contributed by atoms with E-state index >= 15 is 0 Å². The van der Waals surface area contributed by atoms with E-state index in [1.165, 1.54) is 6.33 Å². The largest absolute Gasteiger partial charge is 0.497 e. The Morgan fingerprint density at radius 1 is 1.07 bits per heavy atom. The van der Waals surface area contributed by atoms with Gasteiger partial charge in [-0.05, 0) is 37.0 Å². The molecule has 2 N–H and O–H groups in total. The van der Waals surface area contributed by atoms with Crippen LogP contribution in [-0.4, -0.2) is 57.4 Å². The molecule has 0 amide bonds. The summed E-state index contributed by atoms with van der Waals surface area (Å²) in [6.07, 6.45) is 3.84. The summed E-state index contributed by atoms with van der Waals surface area (Å²) in [5.41, 5.74) is 2.40. The molecule has 0 radical (unpaired) electrons. The van der Waals surface area contributed by atoms with E-state index in [0.717, 1.165) is 36.3 Å². The quantitative estimate of drug-likeness (QED) is 0.518. The van der Waals surface area contributed by atoms with Crippen molar-refractivity contribution in [1.29, 1.82) is 0 Å². The average molecular weight is 372 g/mol. The van der Waals surface area contributed by atoms with Crippen LogP contribution in [0.3, 0.4) is 0 Å². The van der Waals surface area contributed by atoms with Gasteiger partial charge in [0.15, 0.2) is 17.0 Å². The fourth-order valence-corrected chi connectivity index (χ4v) is 2.76. The number of aryl methyl sites for hydroxylation is 2. The summed E-state index contributed by atoms with van der Waals surface area (Å²) in [5, 5.41) is 20.5. The Morgan fingerprint density at radius 3 is 2.56 bits per heavy atom. The number of aromatic nitrogens is 5. The molecule has 3 rings (SSSR count). The molecule has 0 aliphatic rings. The maximum absolute atomic E-state index is 8.86. The second-order valence-electron chi connectivity index (χ2n) is 6.04. The lowest BCUT2D eigenvalue weighted by Gasteiger charge is -2.09. The number of hydrogen-bond acceptors (Lipinski definition) is 8. The third-order valence-electron chi connectivity index (χ3n) is 4.20. The smallest absolute Gasteiger partial charge is 0.183 e. The van der Waals surface area contributed by atoms with Crippen LogP contribution in [-0.2, 0) is 13.0 Å². The molecule has 144 valence electrons. The van der Waals surface area contributed by atoms with E-state index in [2.05, 4.69) is 25.6 Å². The summed E-state index contributed by atoms with van der Waals surface area (Å²) in [6, 6.07) is 5.80. The van der Waals surface area contributed by atoms with Crippen LogP contribution in [0.4, 0.5) is 5.82 Å². The summed E-state index contributed by atoms with van der Waals surface area (Å²) < 4.78 is 12.4. The van der Waals surface area contributed by atoms with Gasteiger partial charge in [-0.3, -0.25) is 0 Å². The van der Waals surface area contributed by atoms with Crippen molar-refractivity contribution in [1.82, 2.24) is 25.0 Å². The van der Waals surface area contributed by atoms with Crippen LogP contribution < -0.4 is 14.8 Å². The van der Waals surface area contributed by atoms with Crippen molar-refractivity contribution in [3.8, 4) is 11.5 Å². The number of anilines is 1. The molecule has 2 heterocycles. The number of benzene rings is 1. The first-order valence-corrected chi connectivity index (χ1v) is 8.86. The molecule has 0 aliphatic heterocycles. The second kappa shape index (κ2) is 9.13. The number of hydrogen-bond donors (Lipinski definition) is 2. The number of nitrogens with zero attached hydrogens (tertiary/aromatic N) is 5. The van der Waals surface area contributed by atoms with Crippen LogP contribution >= 0.6 is 0 Å². The number of unbranched alkanes of at least 4 members (excludes halogenated alkanes) is 1. The number of fused-ring (bicyclic) bond motifs is 1. The fraction of sp³-hybridized carbons (Fsp3) is 0.444. The molecule has 0 atom stereocenters. The van der Waals surface area contributed by atoms with Crippen LogP contribution in [0, 0.1) is 0 Å². The van der Waals surface area contributed by atoms with E-state index in [-0.39, 0.29) is 6.61 Å². The van der Waals surface area contributed by atoms with E-state index in [9.17, 15) is 0 Å². The first kappa shape index (κ1) is 18.8. The molecule has 0 aliphatic carbocycles. The monoisotopic (exact) mass is 372 g/mol. The molecule has 0 saturated heterocycles. The summed E-state index contributed by atoms with van der Waals surface area (Å²) in [5.74, 6) is 2.17. The average Bonchev–Trinajstić information content (AvgIpc) is 3.13. The van der Waals surface area contributed by atoms with Gasteiger partial charge < -0.3 is 19.9 Å². The summed E-state index contributed by atoms with van der Waals surface area (Å²) in [4.78, 5) is 8.57. The Labute approximate surface area is 157 Å². The molecule has 0 saturated carbocycles. The number of aliphatic hydroxyl groups is 1. The van der Waals surface area contributed by atoms with Crippen LogP contribution in [0.1, 0.15) is 18.4 Å². The van der Waals surface area contributed by atoms with Crippen molar-refractivity contribution in [2.24, 2.45) is 0 Å². The molecular formula is C18H24N6O3. The highest BCUT2D eigenvalue weighted by molar-refractivity contribution is 5.81. The van der Waals surface area contributed by atoms with Crippen molar-refractivity contribution >= 4 is 17.0 Å².